The lowest BCUT2D eigenvalue weighted by molar-refractivity contribution is -0.305. The van der Waals surface area contributed by atoms with Crippen molar-refractivity contribution in [3.63, 3.8) is 0 Å². The number of aliphatic carboxylic acids is 1. The molecule has 1 aromatic carbocycles. The number of amides is 2. The minimum Gasteiger partial charge on any atom is -0.548 e. The zero-order chi connectivity index (χ0) is 16.3. The lowest BCUT2D eigenvalue weighted by Gasteiger charge is -2.12. The standard InChI is InChI=1S/C14H13NO6S/c1-2-21-10-5-8(3-4-9(10)16)6-11-13(19)15(7-12(17)18)14(20)22-11/h3-6,16H,2,7H2,1H3,(H,17,18)/p-1/b11-6+. The smallest absolute Gasteiger partial charge is 0.293 e. The lowest BCUT2D eigenvalue weighted by Crippen LogP contribution is -2.40. The third-order valence-corrected chi connectivity index (χ3v) is 3.65. The molecule has 0 spiro atoms. The first kappa shape index (κ1) is 15.9. The molecule has 0 radical (unpaired) electrons. The number of phenols is 1. The predicted octanol–water partition coefficient (Wildman–Crippen LogP) is 0.577. The van der Waals surface area contributed by atoms with E-state index in [9.17, 15) is 24.6 Å². The maximum absolute atomic E-state index is 12.0. The van der Waals surface area contributed by atoms with Crippen LogP contribution in [0, 0.1) is 0 Å². The van der Waals surface area contributed by atoms with E-state index < -0.39 is 23.7 Å². The van der Waals surface area contributed by atoms with Crippen molar-refractivity contribution in [2.24, 2.45) is 0 Å². The third-order valence-electron chi connectivity index (χ3n) is 2.74. The summed E-state index contributed by atoms with van der Waals surface area (Å²) in [6.45, 7) is 1.35. The van der Waals surface area contributed by atoms with Gasteiger partial charge in [-0.1, -0.05) is 6.07 Å². The molecule has 1 heterocycles. The summed E-state index contributed by atoms with van der Waals surface area (Å²) in [5, 5.41) is 19.5. The highest BCUT2D eigenvalue weighted by Gasteiger charge is 2.34. The number of hydrogen-bond acceptors (Lipinski definition) is 7. The number of benzene rings is 1. The lowest BCUT2D eigenvalue weighted by atomic mass is 10.2. The van der Waals surface area contributed by atoms with Crippen LogP contribution in [0.2, 0.25) is 0 Å². The zero-order valence-corrected chi connectivity index (χ0v) is 12.4. The van der Waals surface area contributed by atoms with Crippen molar-refractivity contribution in [1.29, 1.82) is 0 Å². The SMILES string of the molecule is CCOc1cc(/C=C2/SC(=O)N(CC(=O)[O-])C2=O)ccc1O. The summed E-state index contributed by atoms with van der Waals surface area (Å²) in [4.78, 5) is 34.8. The van der Waals surface area contributed by atoms with E-state index in [-0.39, 0.29) is 16.4 Å². The fraction of sp³-hybridized carbons (Fsp3) is 0.214. The highest BCUT2D eigenvalue weighted by atomic mass is 32.2. The van der Waals surface area contributed by atoms with Gasteiger partial charge in [-0.3, -0.25) is 14.5 Å². The van der Waals surface area contributed by atoms with Gasteiger partial charge in [0.15, 0.2) is 11.5 Å². The van der Waals surface area contributed by atoms with Crippen molar-refractivity contribution in [3.05, 3.63) is 28.7 Å². The highest BCUT2D eigenvalue weighted by molar-refractivity contribution is 8.18. The number of ether oxygens (including phenoxy) is 1. The Morgan fingerprint density at radius 2 is 2.18 bits per heavy atom. The number of nitrogens with zero attached hydrogens (tertiary/aromatic N) is 1. The first-order valence-electron chi connectivity index (χ1n) is 6.33. The molecule has 0 unspecified atom stereocenters. The van der Waals surface area contributed by atoms with E-state index in [1.807, 2.05) is 0 Å². The predicted molar refractivity (Wildman–Crippen MR) is 77.0 cm³/mol. The van der Waals surface area contributed by atoms with E-state index in [1.54, 1.807) is 13.0 Å². The summed E-state index contributed by atoms with van der Waals surface area (Å²) in [6, 6.07) is 4.47. The quantitative estimate of drug-likeness (QED) is 0.790. The Bertz CT molecular complexity index is 669. The fourth-order valence-corrected chi connectivity index (χ4v) is 2.65. The molecule has 7 nitrogen and oxygen atoms in total. The van der Waals surface area contributed by atoms with E-state index >= 15 is 0 Å². The molecule has 1 aliphatic rings. The summed E-state index contributed by atoms with van der Waals surface area (Å²) >= 11 is 0.646. The number of imide groups is 1. The summed E-state index contributed by atoms with van der Waals surface area (Å²) in [7, 11) is 0. The van der Waals surface area contributed by atoms with E-state index in [4.69, 9.17) is 4.74 Å². The fourth-order valence-electron chi connectivity index (χ4n) is 1.81. The van der Waals surface area contributed by atoms with Crippen LogP contribution in [-0.2, 0) is 9.59 Å². The topological polar surface area (TPSA) is 107 Å². The van der Waals surface area contributed by atoms with Crippen molar-refractivity contribution in [2.75, 3.05) is 13.2 Å². The molecule has 8 heteroatoms. The van der Waals surface area contributed by atoms with Gasteiger partial charge in [-0.25, -0.2) is 0 Å². The van der Waals surface area contributed by atoms with Crippen LogP contribution in [0.3, 0.4) is 0 Å². The molecule has 116 valence electrons. The molecule has 1 saturated heterocycles. The van der Waals surface area contributed by atoms with Crippen molar-refractivity contribution < 1.29 is 29.3 Å². The Morgan fingerprint density at radius 3 is 2.82 bits per heavy atom. The van der Waals surface area contributed by atoms with Crippen LogP contribution in [-0.4, -0.2) is 40.3 Å². The normalized spacial score (nSPS) is 16.4. The number of thioether (sulfide) groups is 1. The van der Waals surface area contributed by atoms with Gasteiger partial charge in [0.05, 0.1) is 24.0 Å². The van der Waals surface area contributed by atoms with E-state index in [2.05, 4.69) is 0 Å². The average molecular weight is 322 g/mol. The number of hydrogen-bond donors (Lipinski definition) is 1. The molecule has 2 amide bonds. The van der Waals surface area contributed by atoms with Crippen LogP contribution >= 0.6 is 11.8 Å². The summed E-state index contributed by atoms with van der Waals surface area (Å²) in [5.74, 6) is -1.98. The van der Waals surface area contributed by atoms with Gasteiger partial charge in [-0.05, 0) is 42.5 Å². The van der Waals surface area contributed by atoms with Gasteiger partial charge in [0.2, 0.25) is 0 Å². The minimum atomic E-state index is -1.51. The zero-order valence-electron chi connectivity index (χ0n) is 11.6. The number of phenolic OH excluding ortho intramolecular Hbond substituents is 1. The Kier molecular flexibility index (Phi) is 4.71. The molecule has 0 atom stereocenters. The summed E-state index contributed by atoms with van der Waals surface area (Å²) in [6.07, 6.45) is 1.43. The van der Waals surface area contributed by atoms with Crippen molar-refractivity contribution in [1.82, 2.24) is 4.90 Å². The van der Waals surface area contributed by atoms with E-state index in [1.165, 1.54) is 18.2 Å². The van der Waals surface area contributed by atoms with Crippen molar-refractivity contribution >= 4 is 35.0 Å². The molecule has 1 aliphatic heterocycles. The van der Waals surface area contributed by atoms with Crippen LogP contribution < -0.4 is 9.84 Å². The van der Waals surface area contributed by atoms with Gasteiger partial charge < -0.3 is 19.7 Å². The molecule has 0 aromatic heterocycles. The van der Waals surface area contributed by atoms with Gasteiger partial charge in [-0.15, -0.1) is 0 Å². The molecule has 0 saturated carbocycles. The van der Waals surface area contributed by atoms with Crippen LogP contribution in [0.4, 0.5) is 4.79 Å². The largest absolute Gasteiger partial charge is 0.548 e. The highest BCUT2D eigenvalue weighted by Crippen LogP contribution is 2.34. The van der Waals surface area contributed by atoms with Gasteiger partial charge in [0.1, 0.15) is 0 Å². The second kappa shape index (κ2) is 6.52. The van der Waals surface area contributed by atoms with Gasteiger partial charge >= 0.3 is 0 Å². The van der Waals surface area contributed by atoms with Gasteiger partial charge in [0.25, 0.3) is 11.1 Å². The maximum atomic E-state index is 12.0. The van der Waals surface area contributed by atoms with Crippen LogP contribution in [0.25, 0.3) is 6.08 Å². The molecular formula is C14H12NO6S-. The molecule has 1 aromatic rings. The van der Waals surface area contributed by atoms with E-state index in [0.29, 0.717) is 28.8 Å². The number of rotatable bonds is 5. The minimum absolute atomic E-state index is 0.0379. The molecule has 2 rings (SSSR count). The second-order valence-corrected chi connectivity index (χ2v) is 5.29. The summed E-state index contributed by atoms with van der Waals surface area (Å²) in [5.41, 5.74) is 0.542. The first-order chi connectivity index (χ1) is 10.4. The number of carboxylic acid groups (broad SMARTS) is 1. The Hall–Kier alpha value is -2.48. The van der Waals surface area contributed by atoms with Crippen LogP contribution in [0.1, 0.15) is 12.5 Å². The average Bonchev–Trinajstić information content (AvgIpc) is 2.70. The van der Waals surface area contributed by atoms with Crippen LogP contribution in [0.15, 0.2) is 23.1 Å². The van der Waals surface area contributed by atoms with Crippen molar-refractivity contribution in [3.8, 4) is 11.5 Å². The molecule has 0 bridgehead atoms. The monoisotopic (exact) mass is 322 g/mol. The number of carbonyl (C=O) groups excluding carboxylic acids is 3. The van der Waals surface area contributed by atoms with Crippen molar-refractivity contribution in [2.45, 2.75) is 6.92 Å². The summed E-state index contributed by atoms with van der Waals surface area (Å²) < 4.78 is 5.23. The second-order valence-electron chi connectivity index (χ2n) is 4.30. The molecule has 1 fully saturated rings. The number of carbonyl (C=O) groups is 3. The molecule has 1 N–H and O–H groups in total. The Morgan fingerprint density at radius 1 is 1.45 bits per heavy atom. The molecular weight excluding hydrogens is 310 g/mol. The molecule has 22 heavy (non-hydrogen) atoms. The maximum Gasteiger partial charge on any atom is 0.293 e. The number of carboxylic acids is 1. The third kappa shape index (κ3) is 3.40. The van der Waals surface area contributed by atoms with Gasteiger partial charge in [-0.2, -0.15) is 0 Å². The number of aromatic hydroxyl groups is 1. The molecule has 0 aliphatic carbocycles. The van der Waals surface area contributed by atoms with Crippen LogP contribution in [0.5, 0.6) is 11.5 Å². The van der Waals surface area contributed by atoms with Gasteiger partial charge in [0, 0.05) is 0 Å². The Balaban J connectivity index is 2.26. The first-order valence-corrected chi connectivity index (χ1v) is 7.15. The Labute approximate surface area is 130 Å². The van der Waals surface area contributed by atoms with E-state index in [0.717, 1.165) is 0 Å².